The van der Waals surface area contributed by atoms with Crippen LogP contribution in [0.5, 0.6) is 0 Å². The van der Waals surface area contributed by atoms with Gasteiger partial charge in [0.05, 0.1) is 23.9 Å². The molecule has 0 fully saturated rings. The van der Waals surface area contributed by atoms with E-state index in [4.69, 9.17) is 4.74 Å². The minimum Gasteiger partial charge on any atom is -0.478 e. The Bertz CT molecular complexity index is 1250. The summed E-state index contributed by atoms with van der Waals surface area (Å²) in [6, 6.07) is 7.37. The summed E-state index contributed by atoms with van der Waals surface area (Å²) in [6.07, 6.45) is 5.70. The van der Waals surface area contributed by atoms with Crippen LogP contribution < -0.4 is 0 Å². The Morgan fingerprint density at radius 1 is 1.19 bits per heavy atom. The predicted molar refractivity (Wildman–Crippen MR) is 126 cm³/mol. The topological polar surface area (TPSA) is 80.9 Å². The molecule has 1 aliphatic rings. The van der Waals surface area contributed by atoms with Gasteiger partial charge in [-0.2, -0.15) is 0 Å². The Balaban J connectivity index is 1.76. The fraction of sp³-hybridized carbons (Fsp3) is 0.320. The lowest BCUT2D eigenvalue weighted by Gasteiger charge is -2.11. The summed E-state index contributed by atoms with van der Waals surface area (Å²) in [5, 5.41) is 10.7. The molecule has 0 amide bonds. The van der Waals surface area contributed by atoms with Crippen LogP contribution >= 0.6 is 11.3 Å². The average molecular weight is 451 g/mol. The highest BCUT2D eigenvalue weighted by atomic mass is 32.1. The number of thiophene rings is 1. The van der Waals surface area contributed by atoms with E-state index < -0.39 is 5.97 Å². The minimum atomic E-state index is -0.864. The summed E-state index contributed by atoms with van der Waals surface area (Å²) in [5.74, 6) is -1.25. The zero-order valence-electron chi connectivity index (χ0n) is 18.7. The van der Waals surface area contributed by atoms with E-state index >= 15 is 0 Å². The Morgan fingerprint density at radius 2 is 1.94 bits per heavy atom. The maximum Gasteiger partial charge on any atom is 0.339 e. The number of hydrogen-bond donors (Lipinski definition) is 1. The highest BCUT2D eigenvalue weighted by Crippen LogP contribution is 2.38. The van der Waals surface area contributed by atoms with Gasteiger partial charge in [-0.1, -0.05) is 6.07 Å². The molecule has 0 bridgehead atoms. The van der Waals surface area contributed by atoms with Gasteiger partial charge in [0, 0.05) is 28.0 Å². The molecule has 2 heterocycles. The van der Waals surface area contributed by atoms with Crippen LogP contribution in [0.3, 0.4) is 0 Å². The first kappa shape index (κ1) is 22.0. The Kier molecular flexibility index (Phi) is 6.02. The number of aromatic nitrogens is 1. The molecular weight excluding hydrogens is 424 g/mol. The molecule has 0 radical (unpaired) electrons. The van der Waals surface area contributed by atoms with Gasteiger partial charge in [-0.3, -0.25) is 4.99 Å². The summed E-state index contributed by atoms with van der Waals surface area (Å²) in [4.78, 5) is 29.9. The minimum absolute atomic E-state index is 0.388. The van der Waals surface area contributed by atoms with Crippen LogP contribution in [0.1, 0.15) is 66.5 Å². The van der Waals surface area contributed by atoms with Gasteiger partial charge in [0.25, 0.3) is 0 Å². The van der Waals surface area contributed by atoms with Crippen molar-refractivity contribution in [1.29, 1.82) is 0 Å². The normalized spacial score (nSPS) is 13.4. The van der Waals surface area contributed by atoms with Gasteiger partial charge < -0.3 is 14.4 Å². The van der Waals surface area contributed by atoms with E-state index in [1.807, 2.05) is 37.5 Å². The standard InChI is InChI=1S/C25H26N2O4S/c1-14-12-17(13-26-20-10-7-9-18(15(20)2)25(30)31-4)16(3)27(14)23-22(24(28)29)19-8-5-6-11-21(19)32-23/h7,9-10,12-13H,5-6,8,11H2,1-4H3,(H,28,29). The molecule has 1 N–H and O–H groups in total. The second-order valence-electron chi connectivity index (χ2n) is 8.06. The van der Waals surface area contributed by atoms with E-state index in [-0.39, 0.29) is 5.97 Å². The number of hydrogen-bond acceptors (Lipinski definition) is 5. The van der Waals surface area contributed by atoms with Crippen molar-refractivity contribution < 1.29 is 19.4 Å². The van der Waals surface area contributed by atoms with Crippen molar-refractivity contribution in [2.75, 3.05) is 7.11 Å². The van der Waals surface area contributed by atoms with E-state index in [1.165, 1.54) is 12.0 Å². The lowest BCUT2D eigenvalue weighted by molar-refractivity contribution is 0.0599. The Labute approximate surface area is 191 Å². The third-order valence-electron chi connectivity index (χ3n) is 6.09. The maximum absolute atomic E-state index is 12.1. The van der Waals surface area contributed by atoms with Crippen molar-refractivity contribution in [3.8, 4) is 5.00 Å². The zero-order valence-corrected chi connectivity index (χ0v) is 19.5. The summed E-state index contributed by atoms with van der Waals surface area (Å²) in [5.41, 5.74) is 6.19. The van der Waals surface area contributed by atoms with Gasteiger partial charge in [0.15, 0.2) is 0 Å². The van der Waals surface area contributed by atoms with Crippen molar-refractivity contribution in [2.24, 2.45) is 4.99 Å². The molecule has 4 rings (SSSR count). The summed E-state index contributed by atoms with van der Waals surface area (Å²) >= 11 is 1.60. The van der Waals surface area contributed by atoms with Crippen molar-refractivity contribution in [1.82, 2.24) is 4.57 Å². The Hall–Kier alpha value is -3.19. The van der Waals surface area contributed by atoms with Crippen molar-refractivity contribution in [3.63, 3.8) is 0 Å². The molecule has 0 atom stereocenters. The summed E-state index contributed by atoms with van der Waals surface area (Å²) in [7, 11) is 1.36. The monoisotopic (exact) mass is 450 g/mol. The van der Waals surface area contributed by atoms with Crippen LogP contribution in [0, 0.1) is 20.8 Å². The number of carboxylic acids is 1. The second-order valence-corrected chi connectivity index (χ2v) is 9.14. The summed E-state index contributed by atoms with van der Waals surface area (Å²) in [6.45, 7) is 5.81. The SMILES string of the molecule is COC(=O)c1cccc(N=Cc2cc(C)n(-c3sc4c(c3C(=O)O)CCCC4)c2C)c1C. The van der Waals surface area contributed by atoms with Gasteiger partial charge >= 0.3 is 11.9 Å². The molecule has 0 saturated heterocycles. The Morgan fingerprint density at radius 3 is 2.66 bits per heavy atom. The zero-order chi connectivity index (χ0) is 23.0. The third-order valence-corrected chi connectivity index (χ3v) is 7.37. The predicted octanol–water partition coefficient (Wildman–Crippen LogP) is 5.58. The molecule has 3 aromatic rings. The van der Waals surface area contributed by atoms with Crippen LogP contribution in [-0.4, -0.2) is 34.9 Å². The number of rotatable bonds is 5. The quantitative estimate of drug-likeness (QED) is 0.406. The van der Waals surface area contributed by atoms with Crippen molar-refractivity contribution in [2.45, 2.75) is 46.5 Å². The van der Waals surface area contributed by atoms with Crippen LogP contribution in [0.2, 0.25) is 0 Å². The number of carboxylic acid groups (broad SMARTS) is 1. The number of carbonyl (C=O) groups is 2. The van der Waals surface area contributed by atoms with Gasteiger partial charge in [-0.25, -0.2) is 9.59 Å². The first-order valence-corrected chi connectivity index (χ1v) is 11.4. The number of nitrogens with zero attached hydrogens (tertiary/aromatic N) is 2. The molecule has 6 nitrogen and oxygen atoms in total. The van der Waals surface area contributed by atoms with E-state index in [0.717, 1.165) is 58.8 Å². The number of aryl methyl sites for hydroxylation is 2. The number of benzene rings is 1. The van der Waals surface area contributed by atoms with Gasteiger partial charge in [0.1, 0.15) is 5.00 Å². The van der Waals surface area contributed by atoms with E-state index in [9.17, 15) is 14.7 Å². The first-order valence-electron chi connectivity index (χ1n) is 10.6. The molecule has 0 unspecified atom stereocenters. The number of ether oxygens (including phenoxy) is 1. The van der Waals surface area contributed by atoms with Crippen LogP contribution in [0.25, 0.3) is 5.00 Å². The highest BCUT2D eigenvalue weighted by molar-refractivity contribution is 7.15. The van der Waals surface area contributed by atoms with Crippen molar-refractivity contribution in [3.05, 3.63) is 68.3 Å². The number of aliphatic imine (C=N–C) groups is 1. The smallest absolute Gasteiger partial charge is 0.339 e. The lowest BCUT2D eigenvalue weighted by Crippen LogP contribution is -2.09. The molecule has 2 aromatic heterocycles. The van der Waals surface area contributed by atoms with E-state index in [2.05, 4.69) is 4.99 Å². The highest BCUT2D eigenvalue weighted by Gasteiger charge is 2.27. The van der Waals surface area contributed by atoms with Gasteiger partial charge in [-0.15, -0.1) is 11.3 Å². The number of carbonyl (C=O) groups excluding carboxylic acids is 1. The fourth-order valence-corrected chi connectivity index (χ4v) is 5.89. The molecule has 0 spiro atoms. The maximum atomic E-state index is 12.1. The van der Waals surface area contributed by atoms with Crippen molar-refractivity contribution >= 4 is 35.2 Å². The van der Waals surface area contributed by atoms with Gasteiger partial charge in [-0.05, 0) is 75.8 Å². The molecule has 166 valence electrons. The van der Waals surface area contributed by atoms with E-state index in [1.54, 1.807) is 29.7 Å². The second kappa shape index (κ2) is 8.74. The molecule has 0 aliphatic heterocycles. The molecule has 32 heavy (non-hydrogen) atoms. The fourth-order valence-electron chi connectivity index (χ4n) is 4.39. The molecule has 1 aromatic carbocycles. The van der Waals surface area contributed by atoms with Crippen LogP contribution in [0.15, 0.2) is 29.3 Å². The number of fused-ring (bicyclic) bond motifs is 1. The number of aromatic carboxylic acids is 1. The van der Waals surface area contributed by atoms with Gasteiger partial charge in [0.2, 0.25) is 0 Å². The molecule has 0 saturated carbocycles. The average Bonchev–Trinajstić information content (AvgIpc) is 3.28. The van der Waals surface area contributed by atoms with Crippen LogP contribution in [-0.2, 0) is 17.6 Å². The summed E-state index contributed by atoms with van der Waals surface area (Å²) < 4.78 is 6.88. The molecular formula is C25H26N2O4S. The van der Waals surface area contributed by atoms with E-state index in [0.29, 0.717) is 16.8 Å². The molecule has 1 aliphatic carbocycles. The largest absolute Gasteiger partial charge is 0.478 e. The number of methoxy groups -OCH3 is 1. The molecule has 7 heteroatoms. The van der Waals surface area contributed by atoms with Crippen LogP contribution in [0.4, 0.5) is 5.69 Å². The number of esters is 1. The third kappa shape index (κ3) is 3.77. The first-order chi connectivity index (χ1) is 15.3. The lowest BCUT2D eigenvalue weighted by atomic mass is 9.95.